The fourth-order valence-corrected chi connectivity index (χ4v) is 4.54. The second-order valence-corrected chi connectivity index (χ2v) is 8.22. The van der Waals surface area contributed by atoms with Gasteiger partial charge in [-0.25, -0.2) is 13.4 Å². The van der Waals surface area contributed by atoms with Gasteiger partial charge in [-0.1, -0.05) is 0 Å². The fraction of sp³-hybridized carbons (Fsp3) is 0.667. The molecule has 1 aromatic rings. The molecule has 1 aromatic heterocycles. The van der Waals surface area contributed by atoms with Gasteiger partial charge in [-0.05, 0) is 28.8 Å². The van der Waals surface area contributed by atoms with Crippen LogP contribution in [0.15, 0.2) is 10.7 Å². The van der Waals surface area contributed by atoms with Crippen molar-refractivity contribution < 1.29 is 13.2 Å². The number of hydrogen-bond acceptors (Lipinski definition) is 6. The second-order valence-electron chi connectivity index (χ2n) is 5.16. The molecular formula is C12H17BrN4O3S. The third kappa shape index (κ3) is 3.00. The zero-order valence-corrected chi connectivity index (χ0v) is 14.1. The molecule has 0 atom stereocenters. The second kappa shape index (κ2) is 5.69. The number of halogens is 1. The van der Waals surface area contributed by atoms with E-state index in [-0.39, 0.29) is 5.25 Å². The Morgan fingerprint density at radius 2 is 1.95 bits per heavy atom. The van der Waals surface area contributed by atoms with Crippen LogP contribution in [0.4, 0.5) is 5.95 Å². The van der Waals surface area contributed by atoms with Gasteiger partial charge >= 0.3 is 0 Å². The van der Waals surface area contributed by atoms with Gasteiger partial charge in [-0.15, -0.1) is 0 Å². The summed E-state index contributed by atoms with van der Waals surface area (Å²) < 4.78 is 31.8. The third-order valence-electron chi connectivity index (χ3n) is 3.72. The zero-order chi connectivity index (χ0) is 15.0. The van der Waals surface area contributed by atoms with Crippen LogP contribution in [0.2, 0.25) is 0 Å². The number of hydrogen-bond donors (Lipinski definition) is 0. The highest BCUT2D eigenvalue weighted by Gasteiger charge is 2.41. The molecule has 1 aliphatic heterocycles. The fourth-order valence-electron chi connectivity index (χ4n) is 2.36. The molecule has 0 unspecified atom stereocenters. The van der Waals surface area contributed by atoms with E-state index in [1.165, 1.54) is 0 Å². The standard InChI is InChI=1S/C12H17BrN4O3S/c1-20-11-10(13)8-14-12(15-11)16-4-6-17(7-5-16)21(18,19)9-2-3-9/h8-9H,2-7H2,1H3. The molecule has 0 N–H and O–H groups in total. The smallest absolute Gasteiger partial charge is 0.232 e. The largest absolute Gasteiger partial charge is 0.480 e. The van der Waals surface area contributed by atoms with E-state index in [2.05, 4.69) is 25.9 Å². The number of nitrogens with zero attached hydrogens (tertiary/aromatic N) is 4. The Balaban J connectivity index is 1.68. The Morgan fingerprint density at radius 3 is 2.52 bits per heavy atom. The van der Waals surface area contributed by atoms with E-state index in [4.69, 9.17) is 4.74 Å². The molecule has 3 rings (SSSR count). The van der Waals surface area contributed by atoms with Crippen LogP contribution in [-0.4, -0.2) is 61.2 Å². The van der Waals surface area contributed by atoms with E-state index in [1.54, 1.807) is 17.6 Å². The number of anilines is 1. The molecule has 0 spiro atoms. The monoisotopic (exact) mass is 376 g/mol. The predicted octanol–water partition coefficient (Wildman–Crippen LogP) is 0.862. The molecule has 1 saturated heterocycles. The first-order valence-corrected chi connectivity index (χ1v) is 9.12. The molecule has 9 heteroatoms. The third-order valence-corrected chi connectivity index (χ3v) is 6.66. The number of rotatable bonds is 4. The molecule has 2 aliphatic rings. The number of sulfonamides is 1. The van der Waals surface area contributed by atoms with Gasteiger partial charge in [0.2, 0.25) is 21.9 Å². The first-order valence-electron chi connectivity index (χ1n) is 6.83. The Kier molecular flexibility index (Phi) is 4.06. The normalized spacial score (nSPS) is 20.6. The van der Waals surface area contributed by atoms with E-state index in [9.17, 15) is 8.42 Å². The summed E-state index contributed by atoms with van der Waals surface area (Å²) in [6, 6.07) is 0. The molecule has 0 radical (unpaired) electrons. The lowest BCUT2D eigenvalue weighted by molar-refractivity contribution is 0.376. The van der Waals surface area contributed by atoms with Crippen molar-refractivity contribution in [2.45, 2.75) is 18.1 Å². The summed E-state index contributed by atoms with van der Waals surface area (Å²) in [6.45, 7) is 2.16. The van der Waals surface area contributed by atoms with Crippen molar-refractivity contribution in [3.63, 3.8) is 0 Å². The van der Waals surface area contributed by atoms with E-state index in [0.29, 0.717) is 42.5 Å². The summed E-state index contributed by atoms with van der Waals surface area (Å²) in [7, 11) is -1.53. The molecule has 21 heavy (non-hydrogen) atoms. The van der Waals surface area contributed by atoms with E-state index >= 15 is 0 Å². The lowest BCUT2D eigenvalue weighted by Gasteiger charge is -2.34. The Morgan fingerprint density at radius 1 is 1.29 bits per heavy atom. The Bertz CT molecular complexity index is 627. The summed E-state index contributed by atoms with van der Waals surface area (Å²) in [6.07, 6.45) is 3.25. The maximum absolute atomic E-state index is 12.2. The molecule has 2 heterocycles. The Hall–Kier alpha value is -0.930. The topological polar surface area (TPSA) is 75.6 Å². The van der Waals surface area contributed by atoms with Crippen molar-refractivity contribution in [1.29, 1.82) is 0 Å². The quantitative estimate of drug-likeness (QED) is 0.775. The van der Waals surface area contributed by atoms with Gasteiger partial charge in [-0.2, -0.15) is 9.29 Å². The number of methoxy groups -OCH3 is 1. The summed E-state index contributed by atoms with van der Waals surface area (Å²) in [4.78, 5) is 10.6. The predicted molar refractivity (Wildman–Crippen MR) is 82.0 cm³/mol. The molecule has 0 bridgehead atoms. The van der Waals surface area contributed by atoms with Gasteiger partial charge in [0.25, 0.3) is 0 Å². The van der Waals surface area contributed by atoms with Crippen molar-refractivity contribution in [2.75, 3.05) is 38.2 Å². The van der Waals surface area contributed by atoms with E-state index < -0.39 is 10.0 Å². The first-order chi connectivity index (χ1) is 10.0. The highest BCUT2D eigenvalue weighted by molar-refractivity contribution is 9.10. The van der Waals surface area contributed by atoms with Crippen LogP contribution in [0.25, 0.3) is 0 Å². The maximum atomic E-state index is 12.2. The number of ether oxygens (including phenoxy) is 1. The molecule has 1 aliphatic carbocycles. The minimum atomic E-state index is -3.08. The molecular weight excluding hydrogens is 360 g/mol. The number of aromatic nitrogens is 2. The number of piperazine rings is 1. The Labute approximate surface area is 132 Å². The van der Waals surface area contributed by atoms with E-state index in [0.717, 1.165) is 12.8 Å². The summed E-state index contributed by atoms with van der Waals surface area (Å²) in [5.74, 6) is 1.05. The lowest BCUT2D eigenvalue weighted by Crippen LogP contribution is -2.50. The summed E-state index contributed by atoms with van der Waals surface area (Å²) in [5, 5.41) is -0.145. The minimum absolute atomic E-state index is 0.145. The minimum Gasteiger partial charge on any atom is -0.480 e. The molecule has 7 nitrogen and oxygen atoms in total. The van der Waals surface area contributed by atoms with Gasteiger partial charge in [0.05, 0.1) is 23.0 Å². The van der Waals surface area contributed by atoms with Crippen LogP contribution >= 0.6 is 15.9 Å². The van der Waals surface area contributed by atoms with Gasteiger partial charge in [0.15, 0.2) is 0 Å². The summed E-state index contributed by atoms with van der Waals surface area (Å²) >= 11 is 3.32. The van der Waals surface area contributed by atoms with Crippen LogP contribution in [0.3, 0.4) is 0 Å². The average Bonchev–Trinajstić information content (AvgIpc) is 3.33. The molecule has 0 amide bonds. The molecule has 0 aromatic carbocycles. The summed E-state index contributed by atoms with van der Waals surface area (Å²) in [5.41, 5.74) is 0. The van der Waals surface area contributed by atoms with Crippen molar-refractivity contribution in [3.8, 4) is 5.88 Å². The van der Waals surface area contributed by atoms with Crippen LogP contribution in [0.5, 0.6) is 5.88 Å². The van der Waals surface area contributed by atoms with Crippen LogP contribution in [-0.2, 0) is 10.0 Å². The molecule has 116 valence electrons. The maximum Gasteiger partial charge on any atom is 0.232 e. The van der Waals surface area contributed by atoms with Crippen LogP contribution in [0, 0.1) is 0 Å². The van der Waals surface area contributed by atoms with Crippen molar-refractivity contribution in [3.05, 3.63) is 10.7 Å². The van der Waals surface area contributed by atoms with Crippen LogP contribution < -0.4 is 9.64 Å². The molecule has 1 saturated carbocycles. The van der Waals surface area contributed by atoms with Gasteiger partial charge < -0.3 is 9.64 Å². The SMILES string of the molecule is COc1nc(N2CCN(S(=O)(=O)C3CC3)CC2)ncc1Br. The molecule has 2 fully saturated rings. The average molecular weight is 377 g/mol. The van der Waals surface area contributed by atoms with Crippen molar-refractivity contribution in [1.82, 2.24) is 14.3 Å². The zero-order valence-electron chi connectivity index (χ0n) is 11.7. The van der Waals surface area contributed by atoms with Gasteiger partial charge in [-0.3, -0.25) is 0 Å². The highest BCUT2D eigenvalue weighted by atomic mass is 79.9. The van der Waals surface area contributed by atoms with E-state index in [1.807, 2.05) is 4.90 Å². The first kappa shape index (κ1) is 15.0. The van der Waals surface area contributed by atoms with Gasteiger partial charge in [0.1, 0.15) is 0 Å². The van der Waals surface area contributed by atoms with Gasteiger partial charge in [0, 0.05) is 26.2 Å². The lowest BCUT2D eigenvalue weighted by atomic mass is 10.4. The van der Waals surface area contributed by atoms with Crippen molar-refractivity contribution in [2.24, 2.45) is 0 Å². The van der Waals surface area contributed by atoms with Crippen LogP contribution in [0.1, 0.15) is 12.8 Å². The highest BCUT2D eigenvalue weighted by Crippen LogP contribution is 2.31. The van der Waals surface area contributed by atoms with Crippen molar-refractivity contribution >= 4 is 31.9 Å².